The van der Waals surface area contributed by atoms with E-state index >= 15 is 0 Å². The van der Waals surface area contributed by atoms with Crippen molar-refractivity contribution < 1.29 is 9.53 Å². The zero-order chi connectivity index (χ0) is 11.5. The molecule has 2 rings (SSSR count). The third-order valence-corrected chi connectivity index (χ3v) is 3.23. The summed E-state index contributed by atoms with van der Waals surface area (Å²) in [6.07, 6.45) is 0.335. The van der Waals surface area contributed by atoms with Crippen molar-refractivity contribution in [3.8, 4) is 0 Å². The molecule has 1 fully saturated rings. The van der Waals surface area contributed by atoms with E-state index in [1.54, 1.807) is 6.07 Å². The fourth-order valence-corrected chi connectivity index (χ4v) is 2.07. The van der Waals surface area contributed by atoms with Crippen molar-refractivity contribution in [1.82, 2.24) is 0 Å². The number of ketones is 1. The van der Waals surface area contributed by atoms with Gasteiger partial charge in [0.25, 0.3) is 0 Å². The highest BCUT2D eigenvalue weighted by atomic mass is 35.5. The standard InChI is InChI=1S/C12H14ClNO2/c13-10-4-2-1-3-8(10)5-12(15)9-6-16-7-11(9)14/h1-4,9,11H,5-7,14H2. The van der Waals surface area contributed by atoms with Crippen molar-refractivity contribution >= 4 is 17.4 Å². The Bertz CT molecular complexity index is 394. The molecule has 3 nitrogen and oxygen atoms in total. The molecular formula is C12H14ClNO2. The average molecular weight is 240 g/mol. The van der Waals surface area contributed by atoms with Gasteiger partial charge in [-0.1, -0.05) is 29.8 Å². The van der Waals surface area contributed by atoms with Gasteiger partial charge in [0.15, 0.2) is 0 Å². The Labute approximate surface area is 99.5 Å². The van der Waals surface area contributed by atoms with Gasteiger partial charge in [0, 0.05) is 17.5 Å². The molecule has 2 N–H and O–H groups in total. The first kappa shape index (κ1) is 11.6. The quantitative estimate of drug-likeness (QED) is 0.868. The molecule has 0 aromatic heterocycles. The van der Waals surface area contributed by atoms with Gasteiger partial charge >= 0.3 is 0 Å². The lowest BCUT2D eigenvalue weighted by molar-refractivity contribution is -0.122. The van der Waals surface area contributed by atoms with Crippen LogP contribution in [0.5, 0.6) is 0 Å². The summed E-state index contributed by atoms with van der Waals surface area (Å²) in [6, 6.07) is 7.20. The molecule has 0 aliphatic carbocycles. The van der Waals surface area contributed by atoms with Crippen LogP contribution in [0.4, 0.5) is 0 Å². The summed E-state index contributed by atoms with van der Waals surface area (Å²) in [5, 5.41) is 0.628. The van der Waals surface area contributed by atoms with Crippen molar-refractivity contribution in [2.75, 3.05) is 13.2 Å². The van der Waals surface area contributed by atoms with Gasteiger partial charge in [-0.2, -0.15) is 0 Å². The number of ether oxygens (including phenoxy) is 1. The van der Waals surface area contributed by atoms with Gasteiger partial charge in [-0.3, -0.25) is 4.79 Å². The van der Waals surface area contributed by atoms with E-state index in [2.05, 4.69) is 0 Å². The second-order valence-corrected chi connectivity index (χ2v) is 4.45. The highest BCUT2D eigenvalue weighted by Crippen LogP contribution is 2.20. The van der Waals surface area contributed by atoms with Crippen LogP contribution < -0.4 is 5.73 Å². The van der Waals surface area contributed by atoms with Gasteiger partial charge in [0.2, 0.25) is 0 Å². The van der Waals surface area contributed by atoms with E-state index in [4.69, 9.17) is 22.1 Å². The van der Waals surface area contributed by atoms with Gasteiger partial charge in [0.1, 0.15) is 5.78 Å². The second kappa shape index (κ2) is 4.95. The highest BCUT2D eigenvalue weighted by molar-refractivity contribution is 6.31. The van der Waals surface area contributed by atoms with Gasteiger partial charge in [0.05, 0.1) is 19.1 Å². The number of Topliss-reactive ketones (excluding diaryl/α,β-unsaturated/α-hetero) is 1. The molecule has 1 aromatic carbocycles. The molecule has 0 radical (unpaired) electrons. The van der Waals surface area contributed by atoms with E-state index in [1.807, 2.05) is 18.2 Å². The van der Waals surface area contributed by atoms with Crippen molar-refractivity contribution in [3.63, 3.8) is 0 Å². The fourth-order valence-electron chi connectivity index (χ4n) is 1.86. The normalized spacial score (nSPS) is 24.6. The fraction of sp³-hybridized carbons (Fsp3) is 0.417. The average Bonchev–Trinajstić information content (AvgIpc) is 2.68. The van der Waals surface area contributed by atoms with E-state index in [0.717, 1.165) is 5.56 Å². The minimum Gasteiger partial charge on any atom is -0.379 e. The van der Waals surface area contributed by atoms with Crippen molar-refractivity contribution in [2.45, 2.75) is 12.5 Å². The number of carbonyl (C=O) groups is 1. The molecule has 86 valence electrons. The van der Waals surface area contributed by atoms with Crippen molar-refractivity contribution in [3.05, 3.63) is 34.9 Å². The maximum absolute atomic E-state index is 12.0. The van der Waals surface area contributed by atoms with Crippen LogP contribution in [0.25, 0.3) is 0 Å². The maximum Gasteiger partial charge on any atom is 0.144 e. The molecule has 1 saturated heterocycles. The molecule has 1 aliphatic heterocycles. The SMILES string of the molecule is NC1COCC1C(=O)Cc1ccccc1Cl. The molecule has 16 heavy (non-hydrogen) atoms. The summed E-state index contributed by atoms with van der Waals surface area (Å²) < 4.78 is 5.18. The molecule has 0 bridgehead atoms. The lowest BCUT2D eigenvalue weighted by Gasteiger charge is -2.12. The van der Waals surface area contributed by atoms with E-state index in [9.17, 15) is 4.79 Å². The van der Waals surface area contributed by atoms with E-state index in [0.29, 0.717) is 24.7 Å². The topological polar surface area (TPSA) is 52.3 Å². The molecular weight excluding hydrogens is 226 g/mol. The highest BCUT2D eigenvalue weighted by Gasteiger charge is 2.31. The third-order valence-electron chi connectivity index (χ3n) is 2.86. The molecule has 2 atom stereocenters. The molecule has 1 aromatic rings. The zero-order valence-electron chi connectivity index (χ0n) is 8.86. The second-order valence-electron chi connectivity index (χ2n) is 4.04. The van der Waals surface area contributed by atoms with Crippen LogP contribution >= 0.6 is 11.6 Å². The lowest BCUT2D eigenvalue weighted by Crippen LogP contribution is -2.34. The smallest absolute Gasteiger partial charge is 0.144 e. The van der Waals surface area contributed by atoms with Gasteiger partial charge < -0.3 is 10.5 Å². The first-order valence-corrected chi connectivity index (χ1v) is 5.65. The van der Waals surface area contributed by atoms with Crippen LogP contribution in [0.15, 0.2) is 24.3 Å². The number of rotatable bonds is 3. The number of carbonyl (C=O) groups excluding carboxylic acids is 1. The predicted octanol–water partition coefficient (Wildman–Crippen LogP) is 1.43. The first-order chi connectivity index (χ1) is 7.68. The van der Waals surface area contributed by atoms with E-state index < -0.39 is 0 Å². The lowest BCUT2D eigenvalue weighted by atomic mass is 9.94. The monoisotopic (exact) mass is 239 g/mol. The third kappa shape index (κ3) is 2.43. The van der Waals surface area contributed by atoms with Crippen LogP contribution in [-0.2, 0) is 16.0 Å². The minimum atomic E-state index is -0.184. The van der Waals surface area contributed by atoms with Gasteiger partial charge in [-0.05, 0) is 11.6 Å². The summed E-state index contributed by atoms with van der Waals surface area (Å²) in [7, 11) is 0. The molecule has 0 saturated carbocycles. The van der Waals surface area contributed by atoms with Crippen molar-refractivity contribution in [1.29, 1.82) is 0 Å². The largest absolute Gasteiger partial charge is 0.379 e. The molecule has 1 aliphatic rings. The van der Waals surface area contributed by atoms with Crippen LogP contribution in [0.1, 0.15) is 5.56 Å². The van der Waals surface area contributed by atoms with Gasteiger partial charge in [-0.15, -0.1) is 0 Å². The van der Waals surface area contributed by atoms with E-state index in [1.165, 1.54) is 0 Å². The number of hydrogen-bond acceptors (Lipinski definition) is 3. The summed E-state index contributed by atoms with van der Waals surface area (Å²) in [4.78, 5) is 12.0. The summed E-state index contributed by atoms with van der Waals surface area (Å²) in [5.41, 5.74) is 6.65. The Balaban J connectivity index is 2.05. The Morgan fingerprint density at radius 1 is 1.44 bits per heavy atom. The Kier molecular flexibility index (Phi) is 3.59. The number of nitrogens with two attached hydrogens (primary N) is 1. The summed E-state index contributed by atoms with van der Waals surface area (Å²) in [6.45, 7) is 0.906. The Morgan fingerprint density at radius 3 is 2.81 bits per heavy atom. The van der Waals surface area contributed by atoms with E-state index in [-0.39, 0.29) is 17.7 Å². The first-order valence-electron chi connectivity index (χ1n) is 5.28. The Hall–Kier alpha value is -0.900. The van der Waals surface area contributed by atoms with Crippen LogP contribution in [-0.4, -0.2) is 25.0 Å². The van der Waals surface area contributed by atoms with Gasteiger partial charge in [-0.25, -0.2) is 0 Å². The molecule has 4 heteroatoms. The molecule has 0 amide bonds. The molecule has 2 unspecified atom stereocenters. The maximum atomic E-state index is 12.0. The number of benzene rings is 1. The van der Waals surface area contributed by atoms with Crippen LogP contribution in [0.3, 0.4) is 0 Å². The summed E-state index contributed by atoms with van der Waals surface area (Å²) >= 11 is 6.00. The molecule has 1 heterocycles. The minimum absolute atomic E-state index is 0.109. The van der Waals surface area contributed by atoms with Crippen LogP contribution in [0.2, 0.25) is 5.02 Å². The molecule has 0 spiro atoms. The van der Waals surface area contributed by atoms with Crippen LogP contribution in [0, 0.1) is 5.92 Å². The van der Waals surface area contributed by atoms with Crippen molar-refractivity contribution in [2.24, 2.45) is 11.7 Å². The number of hydrogen-bond donors (Lipinski definition) is 1. The summed E-state index contributed by atoms with van der Waals surface area (Å²) in [5.74, 6) is -0.0747. The Morgan fingerprint density at radius 2 is 2.19 bits per heavy atom. The predicted molar refractivity (Wildman–Crippen MR) is 62.4 cm³/mol. The number of halogens is 1. The zero-order valence-corrected chi connectivity index (χ0v) is 9.61.